The first-order chi connectivity index (χ1) is 14.2. The van der Waals surface area contributed by atoms with Gasteiger partial charge < -0.3 is 9.47 Å². The number of hydrogen-bond donors (Lipinski definition) is 0. The third-order valence-electron chi connectivity index (χ3n) is 3.71. The van der Waals surface area contributed by atoms with Crippen LogP contribution in [0.2, 0.25) is 0 Å². The molecule has 0 aliphatic heterocycles. The van der Waals surface area contributed by atoms with Gasteiger partial charge >= 0.3 is 24.6 Å². The number of benzene rings is 1. The Hall–Kier alpha value is -2.45. The van der Waals surface area contributed by atoms with Gasteiger partial charge in [-0.25, -0.2) is 4.68 Å². The molecule has 0 N–H and O–H groups in total. The van der Waals surface area contributed by atoms with Crippen molar-refractivity contribution in [3.63, 3.8) is 0 Å². The van der Waals surface area contributed by atoms with E-state index in [-0.39, 0.29) is 22.1 Å². The second kappa shape index (κ2) is 8.96. The summed E-state index contributed by atoms with van der Waals surface area (Å²) in [5, 5.41) is 3.68. The van der Waals surface area contributed by atoms with Crippen LogP contribution in [-0.4, -0.2) is 51.0 Å². The molecule has 0 amide bonds. The van der Waals surface area contributed by atoms with E-state index in [1.807, 2.05) is 0 Å². The summed E-state index contributed by atoms with van der Waals surface area (Å²) >= 11 is 0. The highest BCUT2D eigenvalue weighted by molar-refractivity contribution is 7.85. The van der Waals surface area contributed by atoms with Gasteiger partial charge in [-0.2, -0.15) is 44.6 Å². The fourth-order valence-corrected chi connectivity index (χ4v) is 3.14. The summed E-state index contributed by atoms with van der Waals surface area (Å²) < 4.78 is 135. The Balaban J connectivity index is 2.27. The number of alkyl halides is 9. The van der Waals surface area contributed by atoms with Gasteiger partial charge in [0.15, 0.2) is 12.4 Å². The molecule has 1 unspecified atom stereocenters. The topological polar surface area (TPSA) is 53.4 Å². The lowest BCUT2D eigenvalue weighted by Gasteiger charge is -2.27. The highest BCUT2D eigenvalue weighted by Gasteiger charge is 2.73. The monoisotopic (exact) mass is 484 g/mol. The van der Waals surface area contributed by atoms with E-state index < -0.39 is 47.8 Å². The number of halogens is 9. The van der Waals surface area contributed by atoms with Gasteiger partial charge in [-0.3, -0.25) is 4.21 Å². The maximum atomic E-state index is 13.3. The molecule has 0 bridgehead atoms. The molecule has 0 spiro atoms. The van der Waals surface area contributed by atoms with Gasteiger partial charge in [0.05, 0.1) is 33.8 Å². The molecular weight excluding hydrogens is 471 g/mol. The summed E-state index contributed by atoms with van der Waals surface area (Å²) in [4.78, 5) is -0.0377. The fourth-order valence-electron chi connectivity index (χ4n) is 2.18. The van der Waals surface area contributed by atoms with Gasteiger partial charge in [-0.05, 0) is 18.2 Å². The van der Waals surface area contributed by atoms with E-state index in [0.29, 0.717) is 0 Å². The molecule has 0 aliphatic carbocycles. The predicted octanol–water partition coefficient (Wildman–Crippen LogP) is 4.81. The van der Waals surface area contributed by atoms with Crippen LogP contribution in [0.3, 0.4) is 0 Å². The van der Waals surface area contributed by atoms with E-state index in [2.05, 4.69) is 14.6 Å². The van der Waals surface area contributed by atoms with Crippen molar-refractivity contribution in [1.82, 2.24) is 9.78 Å². The molecule has 15 heteroatoms. The van der Waals surface area contributed by atoms with Crippen molar-refractivity contribution in [2.24, 2.45) is 0 Å². The summed E-state index contributed by atoms with van der Waals surface area (Å²) in [5.74, 6) is -12.8. The van der Waals surface area contributed by atoms with Crippen molar-refractivity contribution in [3.05, 3.63) is 30.6 Å². The third-order valence-corrected chi connectivity index (χ3v) is 5.05. The molecule has 1 aromatic carbocycles. The van der Waals surface area contributed by atoms with Crippen molar-refractivity contribution in [3.8, 4) is 17.2 Å². The Labute approximate surface area is 171 Å². The lowest BCUT2D eigenvalue weighted by molar-refractivity contribution is -0.358. The minimum atomic E-state index is -6.49. The largest absolute Gasteiger partial charge is 0.484 e. The smallest absolute Gasteiger partial charge is 0.460 e. The van der Waals surface area contributed by atoms with Crippen molar-refractivity contribution >= 4 is 10.8 Å². The molecular formula is C16H13F9N2O3S. The van der Waals surface area contributed by atoms with Crippen LogP contribution in [0.15, 0.2) is 35.5 Å². The van der Waals surface area contributed by atoms with Crippen molar-refractivity contribution in [2.75, 3.05) is 12.4 Å². The average Bonchev–Trinajstić information content (AvgIpc) is 3.13. The maximum Gasteiger partial charge on any atom is 0.460 e. The molecule has 1 heterocycles. The molecule has 5 nitrogen and oxygen atoms in total. The molecule has 0 saturated heterocycles. The highest BCUT2D eigenvalue weighted by Crippen LogP contribution is 2.46. The van der Waals surface area contributed by atoms with Crippen LogP contribution in [0.4, 0.5) is 39.5 Å². The molecule has 1 atom stereocenters. The minimum Gasteiger partial charge on any atom is -0.484 e. The quantitative estimate of drug-likeness (QED) is 0.480. The number of ether oxygens (including phenoxy) is 2. The molecule has 174 valence electrons. The molecule has 31 heavy (non-hydrogen) atoms. The Bertz CT molecular complexity index is 931. The molecule has 0 radical (unpaired) electrons. The standard InChI is InChI=1S/C16H13F9N2O3S/c1-2-31(28)12-5-9(30-13(17)18)3-4-11(12)27-7-10(6-26-27)29-8-14(19,20)15(21,22)16(23,24)25/h3-7,13H,2,8H2,1H3. The van der Waals surface area contributed by atoms with Crippen LogP contribution in [0, 0.1) is 0 Å². The molecule has 0 aliphatic rings. The van der Waals surface area contributed by atoms with Gasteiger partial charge in [-0.15, -0.1) is 0 Å². The third kappa shape index (κ3) is 5.43. The summed E-state index contributed by atoms with van der Waals surface area (Å²) in [6, 6.07) is 3.25. The zero-order valence-electron chi connectivity index (χ0n) is 15.3. The normalized spacial score (nSPS) is 14.0. The maximum absolute atomic E-state index is 13.3. The molecule has 0 fully saturated rings. The Kier molecular flexibility index (Phi) is 7.17. The van der Waals surface area contributed by atoms with Gasteiger partial charge in [0, 0.05) is 5.75 Å². The summed E-state index contributed by atoms with van der Waals surface area (Å²) in [7, 11) is -1.73. The number of aromatic nitrogens is 2. The van der Waals surface area contributed by atoms with Crippen LogP contribution >= 0.6 is 0 Å². The number of hydrogen-bond acceptors (Lipinski definition) is 4. The second-order valence-electron chi connectivity index (χ2n) is 5.83. The van der Waals surface area contributed by atoms with Crippen LogP contribution in [0.5, 0.6) is 11.5 Å². The lowest BCUT2D eigenvalue weighted by Crippen LogP contribution is -2.54. The van der Waals surface area contributed by atoms with Crippen molar-refractivity contribution in [1.29, 1.82) is 0 Å². The SMILES string of the molecule is CCS(=O)c1cc(OC(F)F)ccc1-n1cc(OCC(F)(F)C(F)(F)C(F)(F)F)cn1. The van der Waals surface area contributed by atoms with Gasteiger partial charge in [-0.1, -0.05) is 6.92 Å². The van der Waals surface area contributed by atoms with Gasteiger partial charge in [0.1, 0.15) is 5.75 Å². The van der Waals surface area contributed by atoms with Gasteiger partial charge in [0.2, 0.25) is 0 Å². The van der Waals surface area contributed by atoms with E-state index >= 15 is 0 Å². The van der Waals surface area contributed by atoms with Crippen molar-refractivity contribution in [2.45, 2.75) is 36.5 Å². The van der Waals surface area contributed by atoms with Crippen LogP contribution in [-0.2, 0) is 10.8 Å². The highest BCUT2D eigenvalue weighted by atomic mass is 32.2. The Morgan fingerprint density at radius 2 is 1.74 bits per heavy atom. The summed E-state index contributed by atoms with van der Waals surface area (Å²) in [6.07, 6.45) is -4.91. The van der Waals surface area contributed by atoms with E-state index in [1.165, 1.54) is 6.92 Å². The molecule has 1 aromatic heterocycles. The van der Waals surface area contributed by atoms with E-state index in [1.54, 1.807) is 0 Å². The van der Waals surface area contributed by atoms with E-state index in [0.717, 1.165) is 35.3 Å². The Morgan fingerprint density at radius 3 is 2.29 bits per heavy atom. The first kappa shape index (κ1) is 24.8. The summed E-state index contributed by atoms with van der Waals surface area (Å²) in [5.41, 5.74) is 0.0176. The Morgan fingerprint density at radius 1 is 1.10 bits per heavy atom. The van der Waals surface area contributed by atoms with Crippen molar-refractivity contribution < 1.29 is 53.2 Å². The minimum absolute atomic E-state index is 0.0176. The van der Waals surface area contributed by atoms with E-state index in [9.17, 15) is 43.7 Å². The lowest BCUT2D eigenvalue weighted by atomic mass is 10.2. The second-order valence-corrected chi connectivity index (χ2v) is 7.54. The first-order valence-electron chi connectivity index (χ1n) is 8.17. The number of rotatable bonds is 9. The zero-order valence-corrected chi connectivity index (χ0v) is 16.1. The first-order valence-corrected chi connectivity index (χ1v) is 9.49. The van der Waals surface area contributed by atoms with Crippen LogP contribution in [0.25, 0.3) is 5.69 Å². The summed E-state index contributed by atoms with van der Waals surface area (Å²) in [6.45, 7) is -3.95. The molecule has 0 saturated carbocycles. The molecule has 2 aromatic rings. The van der Waals surface area contributed by atoms with Crippen LogP contribution in [0.1, 0.15) is 6.92 Å². The number of nitrogens with zero attached hydrogens (tertiary/aromatic N) is 2. The average molecular weight is 484 g/mol. The molecule has 2 rings (SSSR count). The van der Waals surface area contributed by atoms with Gasteiger partial charge in [0.25, 0.3) is 0 Å². The predicted molar refractivity (Wildman–Crippen MR) is 88.6 cm³/mol. The van der Waals surface area contributed by atoms with Crippen LogP contribution < -0.4 is 9.47 Å². The van der Waals surface area contributed by atoms with E-state index in [4.69, 9.17) is 0 Å². The zero-order chi connectivity index (χ0) is 23.6. The fraction of sp³-hybridized carbons (Fsp3) is 0.438.